The fraction of sp³-hybridized carbons (Fsp3) is 0.778. The van der Waals surface area contributed by atoms with E-state index in [1.54, 1.807) is 0 Å². The Balaban J connectivity index is 4.92. The van der Waals surface area contributed by atoms with Crippen LogP contribution in [0.25, 0.3) is 0 Å². The van der Waals surface area contributed by atoms with Crippen LogP contribution in [0, 0.1) is 0 Å². The number of hydrogen-bond donors (Lipinski definition) is 0. The molecule has 0 radical (unpaired) electrons. The van der Waals surface area contributed by atoms with Crippen LogP contribution >= 0.6 is 0 Å². The average Bonchev–Trinajstić information content (AvgIpc) is 2.24. The topological polar surface area (TPSA) is 18.5 Å². The van der Waals surface area contributed by atoms with Crippen LogP contribution in [0.2, 0.25) is 0 Å². The summed E-state index contributed by atoms with van der Waals surface area (Å²) in [6.45, 7) is -0.786. The number of ether oxygens (including phenoxy) is 2. The normalized spacial score (nSPS) is 16.0. The molecule has 0 saturated carbocycles. The molecule has 126 valence electrons. The highest BCUT2D eigenvalue weighted by molar-refractivity contribution is 4.91. The van der Waals surface area contributed by atoms with E-state index in [0.717, 1.165) is 0 Å². The Morgan fingerprint density at radius 1 is 1.00 bits per heavy atom. The summed E-state index contributed by atoms with van der Waals surface area (Å²) >= 11 is 0. The predicted octanol–water partition coefficient (Wildman–Crippen LogP) is 4.27. The SMILES string of the molecule is C=C(F)C(F)(F)OCC(F)(F)C(F)(F)OC(C)C(F)(F)F. The molecule has 0 heterocycles. The van der Waals surface area contributed by atoms with Gasteiger partial charge in [0.2, 0.25) is 0 Å². The van der Waals surface area contributed by atoms with Crippen molar-refractivity contribution < 1.29 is 53.4 Å². The molecule has 1 unspecified atom stereocenters. The molecule has 2 nitrogen and oxygen atoms in total. The maximum Gasteiger partial charge on any atom is 0.422 e. The Bertz CT molecular complexity index is 375. The van der Waals surface area contributed by atoms with Gasteiger partial charge in [0.1, 0.15) is 6.61 Å². The third-order valence-corrected chi connectivity index (χ3v) is 1.96. The van der Waals surface area contributed by atoms with E-state index in [-0.39, 0.29) is 6.92 Å². The largest absolute Gasteiger partial charge is 0.422 e. The summed E-state index contributed by atoms with van der Waals surface area (Å²) in [4.78, 5) is 0. The van der Waals surface area contributed by atoms with Crippen molar-refractivity contribution >= 4 is 0 Å². The van der Waals surface area contributed by atoms with Crippen molar-refractivity contribution in [1.82, 2.24) is 0 Å². The zero-order valence-electron chi connectivity index (χ0n) is 10.1. The van der Waals surface area contributed by atoms with Gasteiger partial charge in [-0.3, -0.25) is 0 Å². The van der Waals surface area contributed by atoms with Crippen LogP contribution in [0.3, 0.4) is 0 Å². The standard InChI is InChI=1S/C9H8F10O2/c1-4(10)8(16,17)20-3-6(11,12)9(18,19)21-5(2)7(13,14)15/h5H,1,3H2,2H3. The minimum atomic E-state index is -5.78. The molecule has 0 aromatic carbocycles. The van der Waals surface area contributed by atoms with Crippen molar-refractivity contribution in [3.8, 4) is 0 Å². The number of alkyl halides is 9. The van der Waals surface area contributed by atoms with Gasteiger partial charge in [-0.15, -0.1) is 0 Å². The third kappa shape index (κ3) is 5.34. The van der Waals surface area contributed by atoms with Gasteiger partial charge in [-0.25, -0.2) is 4.39 Å². The molecule has 0 spiro atoms. The Morgan fingerprint density at radius 3 is 1.76 bits per heavy atom. The summed E-state index contributed by atoms with van der Waals surface area (Å²) in [6, 6.07) is 0. The lowest BCUT2D eigenvalue weighted by molar-refractivity contribution is -0.401. The zero-order valence-corrected chi connectivity index (χ0v) is 10.1. The first-order valence-corrected chi connectivity index (χ1v) is 4.90. The minimum absolute atomic E-state index is 0.00284. The Morgan fingerprint density at radius 2 is 1.43 bits per heavy atom. The van der Waals surface area contributed by atoms with E-state index in [4.69, 9.17) is 0 Å². The lowest BCUT2D eigenvalue weighted by Crippen LogP contribution is -2.51. The van der Waals surface area contributed by atoms with Gasteiger partial charge in [0.05, 0.1) is 0 Å². The molecule has 0 bridgehead atoms. The summed E-state index contributed by atoms with van der Waals surface area (Å²) in [5, 5.41) is 0. The Kier molecular flexibility index (Phi) is 5.69. The Labute approximate surface area is 111 Å². The smallest absolute Gasteiger partial charge is 0.308 e. The molecule has 1 atom stereocenters. The molecule has 0 N–H and O–H groups in total. The summed E-state index contributed by atoms with van der Waals surface area (Å²) in [6.07, 6.45) is -19.5. The van der Waals surface area contributed by atoms with E-state index < -0.39 is 42.9 Å². The van der Waals surface area contributed by atoms with Crippen molar-refractivity contribution in [1.29, 1.82) is 0 Å². The average molecular weight is 338 g/mol. The van der Waals surface area contributed by atoms with Crippen LogP contribution in [0.15, 0.2) is 12.4 Å². The van der Waals surface area contributed by atoms with Gasteiger partial charge in [-0.1, -0.05) is 6.58 Å². The minimum Gasteiger partial charge on any atom is -0.308 e. The van der Waals surface area contributed by atoms with Gasteiger partial charge in [-0.2, -0.15) is 39.5 Å². The van der Waals surface area contributed by atoms with Crippen LogP contribution in [-0.4, -0.2) is 37.0 Å². The summed E-state index contributed by atoms with van der Waals surface area (Å²) in [7, 11) is 0. The third-order valence-electron chi connectivity index (χ3n) is 1.96. The fourth-order valence-electron chi connectivity index (χ4n) is 0.719. The molecule has 0 rings (SSSR count). The zero-order chi connectivity index (χ0) is 17.3. The van der Waals surface area contributed by atoms with Crippen LogP contribution in [0.1, 0.15) is 6.92 Å². The van der Waals surface area contributed by atoms with Gasteiger partial charge < -0.3 is 9.47 Å². The molecule has 21 heavy (non-hydrogen) atoms. The summed E-state index contributed by atoms with van der Waals surface area (Å²) in [5.74, 6) is -8.13. The highest BCUT2D eigenvalue weighted by Crippen LogP contribution is 2.40. The van der Waals surface area contributed by atoms with Crippen LogP contribution in [0.4, 0.5) is 43.9 Å². The molecule has 0 amide bonds. The van der Waals surface area contributed by atoms with Crippen LogP contribution < -0.4 is 0 Å². The van der Waals surface area contributed by atoms with E-state index in [1.165, 1.54) is 0 Å². The van der Waals surface area contributed by atoms with Crippen LogP contribution in [0.5, 0.6) is 0 Å². The maximum absolute atomic E-state index is 12.9. The lowest BCUT2D eigenvalue weighted by Gasteiger charge is -2.30. The lowest BCUT2D eigenvalue weighted by atomic mass is 10.3. The first kappa shape index (κ1) is 20.0. The van der Waals surface area contributed by atoms with Crippen molar-refractivity contribution in [2.24, 2.45) is 0 Å². The van der Waals surface area contributed by atoms with Gasteiger partial charge >= 0.3 is 24.3 Å². The molecule has 0 fully saturated rings. The molecular formula is C9H8F10O2. The van der Waals surface area contributed by atoms with Gasteiger partial charge in [-0.05, 0) is 6.92 Å². The molecule has 0 aliphatic carbocycles. The van der Waals surface area contributed by atoms with E-state index in [2.05, 4.69) is 9.47 Å². The molecule has 0 aliphatic heterocycles. The molecule has 0 aliphatic rings. The fourth-order valence-corrected chi connectivity index (χ4v) is 0.719. The second kappa shape index (κ2) is 5.99. The second-order valence-corrected chi connectivity index (χ2v) is 3.73. The van der Waals surface area contributed by atoms with E-state index >= 15 is 0 Å². The quantitative estimate of drug-likeness (QED) is 0.646. The Hall–Kier alpha value is -1.04. The van der Waals surface area contributed by atoms with E-state index in [0.29, 0.717) is 0 Å². The molecule has 12 heteroatoms. The van der Waals surface area contributed by atoms with E-state index in [1.807, 2.05) is 6.58 Å². The van der Waals surface area contributed by atoms with Crippen molar-refractivity contribution in [3.05, 3.63) is 12.4 Å². The number of hydrogen-bond acceptors (Lipinski definition) is 2. The molecule has 0 aromatic rings. The van der Waals surface area contributed by atoms with Gasteiger partial charge in [0.25, 0.3) is 0 Å². The second-order valence-electron chi connectivity index (χ2n) is 3.73. The van der Waals surface area contributed by atoms with Crippen molar-refractivity contribution in [2.45, 2.75) is 37.3 Å². The molecule has 0 aromatic heterocycles. The number of halogens is 10. The van der Waals surface area contributed by atoms with Gasteiger partial charge in [0.15, 0.2) is 11.9 Å². The summed E-state index contributed by atoms with van der Waals surface area (Å²) in [5.41, 5.74) is 0. The monoisotopic (exact) mass is 338 g/mol. The highest BCUT2D eigenvalue weighted by atomic mass is 19.4. The first-order valence-electron chi connectivity index (χ1n) is 4.90. The summed E-state index contributed by atoms with van der Waals surface area (Å²) < 4.78 is 130. The number of rotatable bonds is 7. The van der Waals surface area contributed by atoms with Crippen molar-refractivity contribution in [2.75, 3.05) is 6.61 Å². The van der Waals surface area contributed by atoms with Crippen molar-refractivity contribution in [3.63, 3.8) is 0 Å². The first-order chi connectivity index (χ1) is 9.03. The predicted molar refractivity (Wildman–Crippen MR) is 47.6 cm³/mol. The van der Waals surface area contributed by atoms with Crippen LogP contribution in [-0.2, 0) is 9.47 Å². The maximum atomic E-state index is 12.9. The molecular weight excluding hydrogens is 330 g/mol. The van der Waals surface area contributed by atoms with Gasteiger partial charge in [0, 0.05) is 0 Å². The highest BCUT2D eigenvalue weighted by Gasteiger charge is 2.62. The van der Waals surface area contributed by atoms with E-state index in [9.17, 15) is 43.9 Å². The molecule has 0 saturated heterocycles.